The van der Waals surface area contributed by atoms with E-state index in [0.29, 0.717) is 17.2 Å². The third-order valence-corrected chi connectivity index (χ3v) is 4.40. The van der Waals surface area contributed by atoms with Gasteiger partial charge in [0, 0.05) is 5.69 Å². The Hall–Kier alpha value is -4.41. The fourth-order valence-electron chi connectivity index (χ4n) is 2.91. The summed E-state index contributed by atoms with van der Waals surface area (Å²) < 4.78 is 10.1. The molecule has 0 saturated carbocycles. The summed E-state index contributed by atoms with van der Waals surface area (Å²) in [5, 5.41) is 6.16. The summed E-state index contributed by atoms with van der Waals surface area (Å²) in [6.07, 6.45) is 0. The van der Waals surface area contributed by atoms with Gasteiger partial charge in [-0.1, -0.05) is 0 Å². The van der Waals surface area contributed by atoms with Crippen LogP contribution >= 0.6 is 0 Å². The Morgan fingerprint density at radius 3 is 2.03 bits per heavy atom. The smallest absolute Gasteiger partial charge is 0.332 e. The average Bonchev–Trinajstić information content (AvgIpc) is 3.02. The number of amides is 5. The van der Waals surface area contributed by atoms with Gasteiger partial charge in [-0.15, -0.1) is 0 Å². The van der Waals surface area contributed by atoms with Gasteiger partial charge in [0.1, 0.15) is 17.2 Å². The monoisotopic (exact) mass is 425 g/mol. The fraction of sp³-hybridized carbons (Fsp3) is 0.150. The molecule has 5 amide bonds. The summed E-state index contributed by atoms with van der Waals surface area (Å²) in [5.41, 5.74) is 7.03. The molecule has 0 radical (unpaired) electrons. The van der Waals surface area contributed by atoms with Gasteiger partial charge in [0.25, 0.3) is 11.8 Å². The lowest BCUT2D eigenvalue weighted by Gasteiger charge is -2.14. The number of primary amides is 1. The third-order valence-electron chi connectivity index (χ3n) is 4.40. The number of ether oxygens (including phenoxy) is 2. The second kappa shape index (κ2) is 8.95. The van der Waals surface area contributed by atoms with Crippen molar-refractivity contribution < 1.29 is 28.7 Å². The molecule has 2 aromatic carbocycles. The largest absolute Gasteiger partial charge is 0.497 e. The number of benzene rings is 2. The minimum atomic E-state index is -1.59. The van der Waals surface area contributed by atoms with Crippen LogP contribution in [0.15, 0.2) is 53.6 Å². The molecule has 160 valence electrons. The van der Waals surface area contributed by atoms with Crippen LogP contribution in [0, 0.1) is 5.92 Å². The number of hydrogen-bond donors (Lipinski definition) is 3. The minimum absolute atomic E-state index is 0.210. The number of nitrogens with two attached hydrogens (primary N) is 1. The Bertz CT molecular complexity index is 1050. The molecule has 1 unspecified atom stereocenters. The predicted molar refractivity (Wildman–Crippen MR) is 111 cm³/mol. The molecule has 2 aromatic rings. The molecule has 0 aliphatic carbocycles. The Balaban J connectivity index is 1.93. The van der Waals surface area contributed by atoms with E-state index < -0.39 is 35.4 Å². The van der Waals surface area contributed by atoms with Crippen LogP contribution in [0.5, 0.6) is 11.5 Å². The standard InChI is InChI=1S/C20H19N5O6/c1-30-13-7-3-11(4-8-13)22-17(26)15-16(23-24-20(21)29)19(28)25(18(15)27)12-5-9-14(31-2)10-6-12/h3-10,15H,1-2H3,(H,22,26)(H3,21,24,29). The first-order valence-electron chi connectivity index (χ1n) is 8.96. The number of nitrogens with one attached hydrogen (secondary N) is 2. The molecule has 1 aliphatic heterocycles. The van der Waals surface area contributed by atoms with E-state index in [1.165, 1.54) is 26.4 Å². The van der Waals surface area contributed by atoms with Gasteiger partial charge in [-0.05, 0) is 48.5 Å². The third kappa shape index (κ3) is 4.45. The Kier molecular flexibility index (Phi) is 6.15. The molecular weight excluding hydrogens is 406 g/mol. The van der Waals surface area contributed by atoms with Gasteiger partial charge in [0.2, 0.25) is 5.91 Å². The number of methoxy groups -OCH3 is 2. The van der Waals surface area contributed by atoms with E-state index >= 15 is 0 Å². The van der Waals surface area contributed by atoms with Crippen LogP contribution in [0.2, 0.25) is 0 Å². The molecule has 11 nitrogen and oxygen atoms in total. The van der Waals surface area contributed by atoms with Crippen molar-refractivity contribution in [2.24, 2.45) is 16.8 Å². The number of hydrogen-bond acceptors (Lipinski definition) is 7. The van der Waals surface area contributed by atoms with Crippen LogP contribution in [-0.4, -0.2) is 43.7 Å². The number of anilines is 2. The molecule has 0 aromatic heterocycles. The summed E-state index contributed by atoms with van der Waals surface area (Å²) in [7, 11) is 2.97. The first-order chi connectivity index (χ1) is 14.8. The lowest BCUT2D eigenvalue weighted by Crippen LogP contribution is -2.35. The maximum absolute atomic E-state index is 13.0. The van der Waals surface area contributed by atoms with Gasteiger partial charge >= 0.3 is 6.03 Å². The molecule has 1 saturated heterocycles. The molecule has 3 rings (SSSR count). The van der Waals surface area contributed by atoms with Crippen LogP contribution in [0.3, 0.4) is 0 Å². The van der Waals surface area contributed by atoms with E-state index in [2.05, 4.69) is 10.4 Å². The molecule has 1 atom stereocenters. The van der Waals surface area contributed by atoms with Crippen LogP contribution in [0.1, 0.15) is 0 Å². The molecule has 11 heteroatoms. The van der Waals surface area contributed by atoms with Gasteiger partial charge in [-0.25, -0.2) is 15.1 Å². The van der Waals surface area contributed by atoms with E-state index in [1.807, 2.05) is 5.43 Å². The van der Waals surface area contributed by atoms with E-state index in [0.717, 1.165) is 4.90 Å². The Morgan fingerprint density at radius 2 is 1.52 bits per heavy atom. The van der Waals surface area contributed by atoms with Crippen molar-refractivity contribution in [3.63, 3.8) is 0 Å². The number of rotatable bonds is 6. The van der Waals surface area contributed by atoms with Gasteiger partial charge in [0.05, 0.1) is 19.9 Å². The zero-order valence-electron chi connectivity index (χ0n) is 16.6. The minimum Gasteiger partial charge on any atom is -0.497 e. The van der Waals surface area contributed by atoms with Crippen molar-refractivity contribution >= 4 is 40.8 Å². The highest BCUT2D eigenvalue weighted by molar-refractivity contribution is 6.61. The zero-order chi connectivity index (χ0) is 22.5. The van der Waals surface area contributed by atoms with Gasteiger partial charge in [-0.3, -0.25) is 14.4 Å². The van der Waals surface area contributed by atoms with E-state index in [4.69, 9.17) is 15.2 Å². The van der Waals surface area contributed by atoms with E-state index in [1.54, 1.807) is 36.4 Å². The number of carbonyl (C=O) groups is 4. The molecule has 0 spiro atoms. The number of carbonyl (C=O) groups excluding carboxylic acids is 4. The molecule has 31 heavy (non-hydrogen) atoms. The number of urea groups is 1. The molecular formula is C20H19N5O6. The lowest BCUT2D eigenvalue weighted by molar-refractivity contribution is -0.127. The normalized spacial score (nSPS) is 16.9. The first-order valence-corrected chi connectivity index (χ1v) is 8.96. The molecule has 1 heterocycles. The maximum Gasteiger partial charge on any atom is 0.332 e. The lowest BCUT2D eigenvalue weighted by atomic mass is 10.0. The van der Waals surface area contributed by atoms with Crippen molar-refractivity contribution in [1.29, 1.82) is 0 Å². The van der Waals surface area contributed by atoms with Crippen molar-refractivity contribution in [2.75, 3.05) is 24.4 Å². The van der Waals surface area contributed by atoms with Gasteiger partial charge in [-0.2, -0.15) is 5.10 Å². The molecule has 1 fully saturated rings. The number of hydrazone groups is 1. The number of nitrogens with zero attached hydrogens (tertiary/aromatic N) is 2. The summed E-state index contributed by atoms with van der Waals surface area (Å²) in [5.74, 6) is -3.00. The topological polar surface area (TPSA) is 152 Å². The summed E-state index contributed by atoms with van der Waals surface area (Å²) in [6, 6.07) is 11.4. The van der Waals surface area contributed by atoms with Crippen LogP contribution in [0.4, 0.5) is 16.2 Å². The summed E-state index contributed by atoms with van der Waals surface area (Å²) in [6.45, 7) is 0. The maximum atomic E-state index is 13.0. The van der Waals surface area contributed by atoms with E-state index in [-0.39, 0.29) is 5.69 Å². The van der Waals surface area contributed by atoms with Crippen molar-refractivity contribution in [2.45, 2.75) is 0 Å². The highest BCUT2D eigenvalue weighted by atomic mass is 16.5. The zero-order valence-corrected chi connectivity index (χ0v) is 16.6. The van der Waals surface area contributed by atoms with Crippen LogP contribution in [-0.2, 0) is 14.4 Å². The molecule has 0 bridgehead atoms. The second-order valence-electron chi connectivity index (χ2n) is 6.30. The SMILES string of the molecule is COc1ccc(NC(=O)C2C(=O)N(c3ccc(OC)cc3)C(=O)C2=NNC(N)=O)cc1. The molecule has 4 N–H and O–H groups in total. The van der Waals surface area contributed by atoms with Gasteiger partial charge in [0.15, 0.2) is 5.92 Å². The Labute approximate surface area is 176 Å². The van der Waals surface area contributed by atoms with E-state index in [9.17, 15) is 19.2 Å². The van der Waals surface area contributed by atoms with Gasteiger partial charge < -0.3 is 20.5 Å². The Morgan fingerprint density at radius 1 is 0.968 bits per heavy atom. The number of imide groups is 1. The summed E-state index contributed by atoms with van der Waals surface area (Å²) in [4.78, 5) is 50.7. The first kappa shape index (κ1) is 21.3. The highest BCUT2D eigenvalue weighted by Gasteiger charge is 2.50. The quantitative estimate of drug-likeness (QED) is 0.354. The van der Waals surface area contributed by atoms with Crippen LogP contribution in [0.25, 0.3) is 0 Å². The fourth-order valence-corrected chi connectivity index (χ4v) is 2.91. The van der Waals surface area contributed by atoms with Crippen LogP contribution < -0.4 is 30.8 Å². The molecule has 1 aliphatic rings. The van der Waals surface area contributed by atoms with Crippen molar-refractivity contribution in [3.05, 3.63) is 48.5 Å². The predicted octanol–water partition coefficient (Wildman–Crippen LogP) is 0.856. The second-order valence-corrected chi connectivity index (χ2v) is 6.30. The van der Waals surface area contributed by atoms with Crippen molar-refractivity contribution in [1.82, 2.24) is 5.43 Å². The average molecular weight is 425 g/mol. The van der Waals surface area contributed by atoms with Crippen molar-refractivity contribution in [3.8, 4) is 11.5 Å². The highest BCUT2D eigenvalue weighted by Crippen LogP contribution is 2.28. The summed E-state index contributed by atoms with van der Waals surface area (Å²) >= 11 is 0.